The van der Waals surface area contributed by atoms with E-state index in [9.17, 15) is 4.79 Å². The first-order valence-electron chi connectivity index (χ1n) is 9.94. The van der Waals surface area contributed by atoms with Crippen LogP contribution in [0.1, 0.15) is 35.1 Å². The molecule has 0 aliphatic heterocycles. The van der Waals surface area contributed by atoms with Crippen LogP contribution in [0.3, 0.4) is 0 Å². The SMILES string of the molecule is COc1ccccc1CN(Cc1cc2ccc(C)c(C)c2nc1Cl)C(=O)C1CC1. The summed E-state index contributed by atoms with van der Waals surface area (Å²) in [6.45, 7) is 5.05. The Labute approximate surface area is 176 Å². The van der Waals surface area contributed by atoms with E-state index in [1.807, 2.05) is 29.2 Å². The molecule has 4 rings (SSSR count). The summed E-state index contributed by atoms with van der Waals surface area (Å²) in [6, 6.07) is 14.0. The minimum atomic E-state index is 0.127. The number of pyridine rings is 1. The number of carbonyl (C=O) groups is 1. The molecule has 1 fully saturated rings. The molecule has 3 aromatic rings. The summed E-state index contributed by atoms with van der Waals surface area (Å²) in [5.41, 5.74) is 5.10. The van der Waals surface area contributed by atoms with Gasteiger partial charge < -0.3 is 9.64 Å². The van der Waals surface area contributed by atoms with Gasteiger partial charge in [-0.3, -0.25) is 4.79 Å². The van der Waals surface area contributed by atoms with Gasteiger partial charge >= 0.3 is 0 Å². The number of carbonyl (C=O) groups excluding carboxylic acids is 1. The number of benzene rings is 2. The second-order valence-corrected chi connectivity index (χ2v) is 8.16. The zero-order chi connectivity index (χ0) is 20.5. The molecule has 1 amide bonds. The van der Waals surface area contributed by atoms with Gasteiger partial charge in [0.25, 0.3) is 0 Å². The van der Waals surface area contributed by atoms with Crippen molar-refractivity contribution in [1.82, 2.24) is 9.88 Å². The Morgan fingerprint density at radius 2 is 1.86 bits per heavy atom. The van der Waals surface area contributed by atoms with E-state index in [1.54, 1.807) is 7.11 Å². The lowest BCUT2D eigenvalue weighted by Gasteiger charge is -2.24. The quantitative estimate of drug-likeness (QED) is 0.509. The smallest absolute Gasteiger partial charge is 0.226 e. The molecule has 0 spiro atoms. The Kier molecular flexibility index (Phi) is 5.46. The van der Waals surface area contributed by atoms with Crippen molar-refractivity contribution < 1.29 is 9.53 Å². The van der Waals surface area contributed by atoms with Crippen LogP contribution >= 0.6 is 11.6 Å². The summed E-state index contributed by atoms with van der Waals surface area (Å²) < 4.78 is 5.48. The van der Waals surface area contributed by atoms with Gasteiger partial charge in [0.2, 0.25) is 5.91 Å². The van der Waals surface area contributed by atoms with Gasteiger partial charge in [0.15, 0.2) is 0 Å². The van der Waals surface area contributed by atoms with Crippen molar-refractivity contribution >= 4 is 28.4 Å². The number of ether oxygens (including phenoxy) is 1. The molecular formula is C24H25ClN2O2. The molecule has 1 aliphatic rings. The monoisotopic (exact) mass is 408 g/mol. The minimum absolute atomic E-state index is 0.127. The second kappa shape index (κ2) is 8.03. The summed E-state index contributed by atoms with van der Waals surface area (Å²) in [7, 11) is 1.65. The zero-order valence-corrected chi connectivity index (χ0v) is 17.8. The molecule has 150 valence electrons. The van der Waals surface area contributed by atoms with Crippen LogP contribution in [-0.2, 0) is 17.9 Å². The molecule has 1 heterocycles. The average Bonchev–Trinajstić information content (AvgIpc) is 3.56. The number of aryl methyl sites for hydroxylation is 2. The van der Waals surface area contributed by atoms with Crippen molar-refractivity contribution in [2.75, 3.05) is 7.11 Å². The third-order valence-electron chi connectivity index (χ3n) is 5.69. The highest BCUT2D eigenvalue weighted by molar-refractivity contribution is 6.30. The van der Waals surface area contributed by atoms with E-state index in [0.717, 1.165) is 46.2 Å². The fourth-order valence-corrected chi connectivity index (χ4v) is 3.86. The minimum Gasteiger partial charge on any atom is -0.496 e. The number of para-hydroxylation sites is 1. The van der Waals surface area contributed by atoms with Crippen molar-refractivity contribution in [3.05, 3.63) is 69.9 Å². The number of hydrogen-bond donors (Lipinski definition) is 0. The zero-order valence-electron chi connectivity index (χ0n) is 17.0. The molecule has 4 nitrogen and oxygen atoms in total. The first-order valence-corrected chi connectivity index (χ1v) is 10.3. The van der Waals surface area contributed by atoms with Gasteiger partial charge in [-0.05, 0) is 49.9 Å². The average molecular weight is 409 g/mol. The number of fused-ring (bicyclic) bond motifs is 1. The van der Waals surface area contributed by atoms with E-state index in [1.165, 1.54) is 5.56 Å². The normalized spacial score (nSPS) is 13.5. The summed E-state index contributed by atoms with van der Waals surface area (Å²) in [4.78, 5) is 19.5. The van der Waals surface area contributed by atoms with Crippen molar-refractivity contribution in [1.29, 1.82) is 0 Å². The van der Waals surface area contributed by atoms with E-state index < -0.39 is 0 Å². The number of halogens is 1. The number of hydrogen-bond acceptors (Lipinski definition) is 3. The van der Waals surface area contributed by atoms with Crippen molar-refractivity contribution in [2.24, 2.45) is 5.92 Å². The largest absolute Gasteiger partial charge is 0.496 e. The van der Waals surface area contributed by atoms with Crippen molar-refractivity contribution in [3.8, 4) is 5.75 Å². The van der Waals surface area contributed by atoms with E-state index in [-0.39, 0.29) is 11.8 Å². The predicted octanol–water partition coefficient (Wildman–Crippen LogP) is 5.45. The maximum Gasteiger partial charge on any atom is 0.226 e. The lowest BCUT2D eigenvalue weighted by Crippen LogP contribution is -2.31. The molecule has 0 N–H and O–H groups in total. The van der Waals surface area contributed by atoms with Crippen molar-refractivity contribution in [3.63, 3.8) is 0 Å². The Balaban J connectivity index is 1.68. The first kappa shape index (κ1) is 19.7. The van der Waals surface area contributed by atoms with Crippen LogP contribution < -0.4 is 4.74 Å². The number of amides is 1. The Morgan fingerprint density at radius 1 is 1.14 bits per heavy atom. The molecule has 1 saturated carbocycles. The molecule has 0 saturated heterocycles. The lowest BCUT2D eigenvalue weighted by atomic mass is 10.0. The highest BCUT2D eigenvalue weighted by atomic mass is 35.5. The summed E-state index contributed by atoms with van der Waals surface area (Å²) >= 11 is 6.56. The third-order valence-corrected chi connectivity index (χ3v) is 6.02. The van der Waals surface area contributed by atoms with Gasteiger partial charge in [0, 0.05) is 35.5 Å². The number of methoxy groups -OCH3 is 1. The van der Waals surface area contributed by atoms with Gasteiger partial charge in [-0.25, -0.2) is 4.98 Å². The molecule has 0 radical (unpaired) electrons. The second-order valence-electron chi connectivity index (χ2n) is 7.80. The number of nitrogens with zero attached hydrogens (tertiary/aromatic N) is 2. The van der Waals surface area contributed by atoms with Crippen LogP contribution in [0.4, 0.5) is 0 Å². The van der Waals surface area contributed by atoms with Gasteiger partial charge in [-0.2, -0.15) is 0 Å². The molecule has 29 heavy (non-hydrogen) atoms. The van der Waals surface area contributed by atoms with Gasteiger partial charge in [0.1, 0.15) is 10.9 Å². The van der Waals surface area contributed by atoms with Crippen LogP contribution in [0.15, 0.2) is 42.5 Å². The fourth-order valence-electron chi connectivity index (χ4n) is 3.66. The highest BCUT2D eigenvalue weighted by Gasteiger charge is 2.34. The Hall–Kier alpha value is -2.59. The molecule has 2 aromatic carbocycles. The van der Waals surface area contributed by atoms with Gasteiger partial charge in [-0.15, -0.1) is 0 Å². The van der Waals surface area contributed by atoms with Gasteiger partial charge in [0.05, 0.1) is 12.6 Å². The first-order chi connectivity index (χ1) is 14.0. The van der Waals surface area contributed by atoms with Gasteiger partial charge in [-0.1, -0.05) is 41.9 Å². The third kappa shape index (κ3) is 4.08. The lowest BCUT2D eigenvalue weighted by molar-refractivity contribution is -0.133. The maximum atomic E-state index is 13.0. The van der Waals surface area contributed by atoms with E-state index in [4.69, 9.17) is 16.3 Å². The van der Waals surface area contributed by atoms with Crippen LogP contribution in [0.2, 0.25) is 5.15 Å². The molecule has 5 heteroatoms. The molecule has 0 unspecified atom stereocenters. The van der Waals surface area contributed by atoms with Crippen LogP contribution in [0, 0.1) is 19.8 Å². The van der Waals surface area contributed by atoms with Crippen LogP contribution in [0.5, 0.6) is 5.75 Å². The summed E-state index contributed by atoms with van der Waals surface area (Å²) in [5, 5.41) is 1.50. The van der Waals surface area contributed by atoms with Crippen molar-refractivity contribution in [2.45, 2.75) is 39.8 Å². The molecular weight excluding hydrogens is 384 g/mol. The topological polar surface area (TPSA) is 42.4 Å². The van der Waals surface area contributed by atoms with E-state index in [2.05, 4.69) is 37.0 Å². The number of rotatable bonds is 6. The predicted molar refractivity (Wildman–Crippen MR) is 116 cm³/mol. The highest BCUT2D eigenvalue weighted by Crippen LogP contribution is 2.34. The van der Waals surface area contributed by atoms with Crippen LogP contribution in [0.25, 0.3) is 10.9 Å². The standard InChI is InChI=1S/C24H25ClN2O2/c1-15-8-9-18-12-20(23(25)26-22(18)16(15)2)14-27(24(28)17-10-11-17)13-19-6-4-5-7-21(19)29-3/h4-9,12,17H,10-11,13-14H2,1-3H3. The molecule has 0 bridgehead atoms. The maximum absolute atomic E-state index is 13.0. The Morgan fingerprint density at radius 3 is 2.59 bits per heavy atom. The molecule has 0 atom stereocenters. The van der Waals surface area contributed by atoms with E-state index in [0.29, 0.717) is 18.2 Å². The molecule has 1 aromatic heterocycles. The Bertz CT molecular complexity index is 1080. The van der Waals surface area contributed by atoms with Crippen LogP contribution in [-0.4, -0.2) is 22.9 Å². The van der Waals surface area contributed by atoms with E-state index >= 15 is 0 Å². The summed E-state index contributed by atoms with van der Waals surface area (Å²) in [5.74, 6) is 1.09. The fraction of sp³-hybridized carbons (Fsp3) is 0.333. The molecule has 1 aliphatic carbocycles. The summed E-state index contributed by atoms with van der Waals surface area (Å²) in [6.07, 6.45) is 1.92. The number of aromatic nitrogens is 1.